The smallest absolute Gasteiger partial charge is 0.475 e. The Labute approximate surface area is 211 Å². The fourth-order valence-electron chi connectivity index (χ4n) is 3.43. The minimum absolute atomic E-state index is 0.0559. The number of aryl methyl sites for hydroxylation is 1. The highest BCUT2D eigenvalue weighted by atomic mass is 19.4. The van der Waals surface area contributed by atoms with Gasteiger partial charge >= 0.3 is 12.1 Å². The number of fused-ring (bicyclic) bond motifs is 1. The van der Waals surface area contributed by atoms with Crippen molar-refractivity contribution >= 4 is 17.8 Å². The lowest BCUT2D eigenvalue weighted by atomic mass is 10.2. The van der Waals surface area contributed by atoms with Gasteiger partial charge in [0.25, 0.3) is 17.4 Å². The highest BCUT2D eigenvalue weighted by Crippen LogP contribution is 2.14. The summed E-state index contributed by atoms with van der Waals surface area (Å²) in [4.78, 5) is 56.0. The van der Waals surface area contributed by atoms with Gasteiger partial charge in [-0.15, -0.1) is 0 Å². The fraction of sp³-hybridized carbons (Fsp3) is 0.318. The van der Waals surface area contributed by atoms with E-state index in [1.807, 2.05) is 0 Å². The van der Waals surface area contributed by atoms with E-state index in [9.17, 15) is 31.9 Å². The molecule has 0 spiro atoms. The van der Waals surface area contributed by atoms with Gasteiger partial charge in [0.05, 0.1) is 30.5 Å². The summed E-state index contributed by atoms with van der Waals surface area (Å²) in [5.74, 6) is -3.77. The molecule has 4 rings (SSSR count). The number of nitrogens with zero attached hydrogens (tertiary/aromatic N) is 6. The lowest BCUT2D eigenvalue weighted by molar-refractivity contribution is -0.192. The Balaban J connectivity index is 0.000000505. The van der Waals surface area contributed by atoms with Crippen LogP contribution in [0.15, 0.2) is 41.6 Å². The first-order valence-corrected chi connectivity index (χ1v) is 10.9. The number of aromatic nitrogens is 5. The number of nitrogens with one attached hydrogen (secondary N) is 1. The third kappa shape index (κ3) is 7.21. The highest BCUT2D eigenvalue weighted by molar-refractivity contribution is 5.94. The number of alkyl halides is 3. The second-order valence-electron chi connectivity index (χ2n) is 7.99. The lowest BCUT2D eigenvalue weighted by Crippen LogP contribution is -2.33. The molecule has 16 heteroatoms. The summed E-state index contributed by atoms with van der Waals surface area (Å²) in [5, 5.41) is 13.8. The van der Waals surface area contributed by atoms with Gasteiger partial charge in [0, 0.05) is 50.2 Å². The lowest BCUT2D eigenvalue weighted by Gasteiger charge is -2.20. The van der Waals surface area contributed by atoms with Gasteiger partial charge in [-0.3, -0.25) is 23.6 Å². The molecule has 0 aliphatic carbocycles. The van der Waals surface area contributed by atoms with Gasteiger partial charge in [-0.25, -0.2) is 14.8 Å². The first-order valence-electron chi connectivity index (χ1n) is 10.9. The molecule has 0 fully saturated rings. The first-order chi connectivity index (χ1) is 17.8. The van der Waals surface area contributed by atoms with Crippen molar-refractivity contribution in [1.29, 1.82) is 0 Å². The molecule has 12 nitrogen and oxygen atoms in total. The summed E-state index contributed by atoms with van der Waals surface area (Å²) in [6.45, 7) is 0.972. The maximum Gasteiger partial charge on any atom is 0.490 e. The zero-order chi connectivity index (χ0) is 28.0. The van der Waals surface area contributed by atoms with Gasteiger partial charge in [0.2, 0.25) is 5.95 Å². The molecule has 0 atom stereocenters. The number of carbonyl (C=O) groups excluding carboxylic acids is 2. The molecule has 0 bridgehead atoms. The van der Waals surface area contributed by atoms with Crippen LogP contribution >= 0.6 is 0 Å². The zero-order valence-electron chi connectivity index (χ0n) is 19.8. The summed E-state index contributed by atoms with van der Waals surface area (Å²) in [7, 11) is 1.71. The van der Waals surface area contributed by atoms with Crippen LogP contribution < -0.4 is 10.9 Å². The summed E-state index contributed by atoms with van der Waals surface area (Å²) in [6.07, 6.45) is -0.259. The van der Waals surface area contributed by atoms with Gasteiger partial charge in [0.15, 0.2) is 0 Å². The van der Waals surface area contributed by atoms with E-state index in [0.29, 0.717) is 36.6 Å². The minimum atomic E-state index is -5.08. The van der Waals surface area contributed by atoms with Gasteiger partial charge in [0.1, 0.15) is 5.82 Å². The largest absolute Gasteiger partial charge is 0.490 e. The second-order valence-corrected chi connectivity index (χ2v) is 7.99. The van der Waals surface area contributed by atoms with Crippen molar-refractivity contribution in [3.8, 4) is 0 Å². The van der Waals surface area contributed by atoms with Gasteiger partial charge in [-0.1, -0.05) is 0 Å². The average Bonchev–Trinajstić information content (AvgIpc) is 3.16. The third-order valence-corrected chi connectivity index (χ3v) is 5.18. The molecule has 1 aliphatic heterocycles. The number of rotatable bonds is 4. The predicted molar refractivity (Wildman–Crippen MR) is 120 cm³/mol. The van der Waals surface area contributed by atoms with E-state index in [-0.39, 0.29) is 36.0 Å². The third-order valence-electron chi connectivity index (χ3n) is 5.18. The number of amides is 2. The fourth-order valence-corrected chi connectivity index (χ4v) is 3.43. The summed E-state index contributed by atoms with van der Waals surface area (Å²) < 4.78 is 48.2. The number of carboxylic acids is 1. The van der Waals surface area contributed by atoms with Gasteiger partial charge in [-0.05, 0) is 12.5 Å². The SMILES string of the molecule is Cn1cc(C(=O)NCc2cc(=O)n3c(n2)CN(C(=O)c2ccnc(F)c2)CCC3)cn1.O=C(O)C(F)(F)F. The highest BCUT2D eigenvalue weighted by Gasteiger charge is 2.38. The standard InChI is InChI=1S/C20H20FN7O3.C2HF3O2/c1-26-11-14(9-24-26)19(30)23-10-15-8-18(29)28-6-2-5-27(12-17(28)25-15)20(31)13-3-4-22-16(21)7-13;3-2(4,5)1(6)7/h3-4,7-9,11H,2,5-6,10,12H2,1H3,(H,23,30);(H,6,7). The summed E-state index contributed by atoms with van der Waals surface area (Å²) >= 11 is 0. The first kappa shape index (κ1) is 27.9. The Hall–Kier alpha value is -4.63. The zero-order valence-corrected chi connectivity index (χ0v) is 19.8. The maximum atomic E-state index is 13.4. The molecule has 0 saturated carbocycles. The molecule has 38 heavy (non-hydrogen) atoms. The number of halogens is 4. The predicted octanol–water partition coefficient (Wildman–Crippen LogP) is 1.12. The topological polar surface area (TPSA) is 152 Å². The van der Waals surface area contributed by atoms with Crippen molar-refractivity contribution in [2.24, 2.45) is 7.05 Å². The quantitative estimate of drug-likeness (QED) is 0.370. The maximum absolute atomic E-state index is 13.4. The van der Waals surface area contributed by atoms with Crippen LogP contribution in [0.5, 0.6) is 0 Å². The minimum Gasteiger partial charge on any atom is -0.475 e. The van der Waals surface area contributed by atoms with Crippen LogP contribution in [0.4, 0.5) is 17.6 Å². The normalized spacial score (nSPS) is 13.0. The number of pyridine rings is 1. The molecule has 0 saturated heterocycles. The molecule has 0 unspecified atom stereocenters. The van der Waals surface area contributed by atoms with E-state index >= 15 is 0 Å². The molecule has 0 radical (unpaired) electrons. The van der Waals surface area contributed by atoms with E-state index < -0.39 is 18.1 Å². The summed E-state index contributed by atoms with van der Waals surface area (Å²) in [6, 6.07) is 3.90. The number of hydrogen-bond acceptors (Lipinski definition) is 7. The molecule has 1 aliphatic rings. The molecule has 2 N–H and O–H groups in total. The Morgan fingerprint density at radius 3 is 2.47 bits per heavy atom. The van der Waals surface area contributed by atoms with Crippen molar-refractivity contribution in [2.45, 2.75) is 32.2 Å². The van der Waals surface area contributed by atoms with Crippen LogP contribution in [0.3, 0.4) is 0 Å². The molecule has 3 aromatic rings. The van der Waals surface area contributed by atoms with Crippen LogP contribution in [0, 0.1) is 5.95 Å². The number of carboxylic acid groups (broad SMARTS) is 1. The van der Waals surface area contributed by atoms with Crippen molar-refractivity contribution in [1.82, 2.24) is 34.5 Å². The van der Waals surface area contributed by atoms with E-state index in [1.165, 1.54) is 38.7 Å². The van der Waals surface area contributed by atoms with Crippen LogP contribution in [0.1, 0.15) is 38.7 Å². The molecule has 0 aromatic carbocycles. The monoisotopic (exact) mass is 539 g/mol. The van der Waals surface area contributed by atoms with Crippen LogP contribution in [0.2, 0.25) is 0 Å². The Morgan fingerprint density at radius 2 is 1.87 bits per heavy atom. The molecular formula is C22H21F4N7O5. The number of hydrogen-bond donors (Lipinski definition) is 2. The summed E-state index contributed by atoms with van der Waals surface area (Å²) in [5.41, 5.74) is 0.719. The van der Waals surface area contributed by atoms with Crippen molar-refractivity contribution in [3.05, 3.63) is 75.7 Å². The second kappa shape index (κ2) is 11.6. The van der Waals surface area contributed by atoms with Crippen molar-refractivity contribution < 1.29 is 37.1 Å². The van der Waals surface area contributed by atoms with Gasteiger partial charge < -0.3 is 15.3 Å². The molecule has 3 aromatic heterocycles. The van der Waals surface area contributed by atoms with Crippen molar-refractivity contribution in [3.63, 3.8) is 0 Å². The van der Waals surface area contributed by atoms with E-state index in [1.54, 1.807) is 13.2 Å². The van der Waals surface area contributed by atoms with E-state index in [2.05, 4.69) is 20.4 Å². The molecule has 2 amide bonds. The van der Waals surface area contributed by atoms with Crippen LogP contribution in [-0.4, -0.2) is 64.8 Å². The average molecular weight is 539 g/mol. The molecular weight excluding hydrogens is 518 g/mol. The van der Waals surface area contributed by atoms with E-state index in [0.717, 1.165) is 6.07 Å². The van der Waals surface area contributed by atoms with Crippen LogP contribution in [0.25, 0.3) is 0 Å². The molecule has 4 heterocycles. The Morgan fingerprint density at radius 1 is 1.16 bits per heavy atom. The Kier molecular flexibility index (Phi) is 8.54. The van der Waals surface area contributed by atoms with Crippen LogP contribution in [-0.2, 0) is 31.5 Å². The number of carbonyl (C=O) groups is 3. The van der Waals surface area contributed by atoms with Gasteiger partial charge in [-0.2, -0.15) is 22.7 Å². The molecule has 202 valence electrons. The van der Waals surface area contributed by atoms with Crippen molar-refractivity contribution in [2.75, 3.05) is 6.54 Å². The van der Waals surface area contributed by atoms with E-state index in [4.69, 9.17) is 9.90 Å². The number of aliphatic carboxylic acids is 1. The Bertz CT molecular complexity index is 1400.